The molecule has 64 valence electrons. The van der Waals surface area contributed by atoms with Crippen LogP contribution in [0, 0.1) is 5.41 Å². The number of aldehydes is 1. The molecule has 0 unspecified atom stereocenters. The van der Waals surface area contributed by atoms with Gasteiger partial charge in [0.2, 0.25) is 0 Å². The second kappa shape index (κ2) is 2.74. The average Bonchev–Trinajstić information content (AvgIpc) is 1.77. The summed E-state index contributed by atoms with van der Waals surface area (Å²) in [6.45, 7) is 7.03. The average molecular weight is 170 g/mol. The van der Waals surface area contributed by atoms with Crippen molar-refractivity contribution >= 4 is 14.4 Å². The predicted octanol–water partition coefficient (Wildman–Crippen LogP) is 2.69. The SMILES string of the molecule is C[Si](C)(C)CC1(C=O)CCC1. The molecular weight excluding hydrogens is 152 g/mol. The van der Waals surface area contributed by atoms with Gasteiger partial charge in [0.1, 0.15) is 6.29 Å². The van der Waals surface area contributed by atoms with Gasteiger partial charge in [0.05, 0.1) is 0 Å². The number of hydrogen-bond donors (Lipinski definition) is 0. The third-order valence-electron chi connectivity index (χ3n) is 2.48. The normalized spacial score (nSPS) is 22.5. The molecule has 0 N–H and O–H groups in total. The van der Waals surface area contributed by atoms with E-state index in [4.69, 9.17) is 0 Å². The lowest BCUT2D eigenvalue weighted by atomic mass is 9.71. The standard InChI is InChI=1S/C9H18OSi/c1-11(2,3)8-9(7-10)5-4-6-9/h7H,4-6,8H2,1-3H3. The molecular formula is C9H18OSi. The van der Waals surface area contributed by atoms with Gasteiger partial charge >= 0.3 is 0 Å². The molecule has 0 radical (unpaired) electrons. The molecule has 0 heterocycles. The van der Waals surface area contributed by atoms with Crippen molar-refractivity contribution in [2.24, 2.45) is 5.41 Å². The molecule has 2 heteroatoms. The molecule has 1 aliphatic carbocycles. The minimum atomic E-state index is -1.01. The number of carbonyl (C=O) groups is 1. The first-order valence-electron chi connectivity index (χ1n) is 4.44. The summed E-state index contributed by atoms with van der Waals surface area (Å²) in [5.41, 5.74) is 0.129. The lowest BCUT2D eigenvalue weighted by Crippen LogP contribution is -2.38. The fourth-order valence-corrected chi connectivity index (χ4v) is 4.57. The molecule has 0 aliphatic heterocycles. The molecule has 1 rings (SSSR count). The zero-order chi connectivity index (χ0) is 8.54. The Kier molecular flexibility index (Phi) is 2.24. The van der Waals surface area contributed by atoms with Crippen LogP contribution in [0.1, 0.15) is 19.3 Å². The van der Waals surface area contributed by atoms with Crippen molar-refractivity contribution < 1.29 is 4.79 Å². The van der Waals surface area contributed by atoms with Gasteiger partial charge in [-0.3, -0.25) is 0 Å². The second-order valence-corrected chi connectivity index (χ2v) is 10.5. The summed E-state index contributed by atoms with van der Waals surface area (Å²) >= 11 is 0. The highest BCUT2D eigenvalue weighted by molar-refractivity contribution is 6.76. The monoisotopic (exact) mass is 170 g/mol. The van der Waals surface area contributed by atoms with Crippen LogP contribution in [0.15, 0.2) is 0 Å². The van der Waals surface area contributed by atoms with Crippen LogP contribution in [0.2, 0.25) is 25.7 Å². The maximum absolute atomic E-state index is 10.8. The highest BCUT2D eigenvalue weighted by atomic mass is 28.3. The minimum Gasteiger partial charge on any atom is -0.303 e. The molecule has 1 aliphatic rings. The van der Waals surface area contributed by atoms with E-state index in [0.717, 1.165) is 12.8 Å². The quantitative estimate of drug-likeness (QED) is 0.470. The Morgan fingerprint density at radius 1 is 1.36 bits per heavy atom. The Hall–Kier alpha value is -0.113. The third kappa shape index (κ3) is 2.16. The Morgan fingerprint density at radius 3 is 2.00 bits per heavy atom. The second-order valence-electron chi connectivity index (χ2n) is 5.07. The van der Waals surface area contributed by atoms with E-state index in [1.165, 1.54) is 18.8 Å². The molecule has 0 bridgehead atoms. The Labute approximate surface area is 70.2 Å². The zero-order valence-electron chi connectivity index (χ0n) is 7.81. The fourth-order valence-electron chi connectivity index (χ4n) is 2.02. The summed E-state index contributed by atoms with van der Waals surface area (Å²) in [4.78, 5) is 10.8. The van der Waals surface area contributed by atoms with E-state index in [0.29, 0.717) is 0 Å². The summed E-state index contributed by atoms with van der Waals surface area (Å²) in [6, 6.07) is 1.20. The van der Waals surface area contributed by atoms with Crippen LogP contribution in [-0.4, -0.2) is 14.4 Å². The van der Waals surface area contributed by atoms with E-state index in [1.807, 2.05) is 0 Å². The van der Waals surface area contributed by atoms with Crippen LogP contribution in [0.25, 0.3) is 0 Å². The van der Waals surface area contributed by atoms with E-state index in [-0.39, 0.29) is 5.41 Å². The molecule has 0 spiro atoms. The topological polar surface area (TPSA) is 17.1 Å². The molecule has 0 saturated heterocycles. The molecule has 11 heavy (non-hydrogen) atoms. The van der Waals surface area contributed by atoms with Crippen molar-refractivity contribution in [2.45, 2.75) is 44.9 Å². The van der Waals surface area contributed by atoms with Gasteiger partial charge in [-0.05, 0) is 18.9 Å². The Morgan fingerprint density at radius 2 is 1.91 bits per heavy atom. The number of rotatable bonds is 3. The van der Waals surface area contributed by atoms with Crippen molar-refractivity contribution in [1.82, 2.24) is 0 Å². The molecule has 1 fully saturated rings. The minimum absolute atomic E-state index is 0.129. The van der Waals surface area contributed by atoms with E-state index >= 15 is 0 Å². The summed E-state index contributed by atoms with van der Waals surface area (Å²) in [7, 11) is -1.01. The van der Waals surface area contributed by atoms with Crippen LogP contribution < -0.4 is 0 Å². The fraction of sp³-hybridized carbons (Fsp3) is 0.889. The van der Waals surface area contributed by atoms with Crippen molar-refractivity contribution in [1.29, 1.82) is 0 Å². The van der Waals surface area contributed by atoms with Gasteiger partial charge in [-0.15, -0.1) is 0 Å². The van der Waals surface area contributed by atoms with E-state index in [2.05, 4.69) is 19.6 Å². The van der Waals surface area contributed by atoms with Gasteiger partial charge in [0, 0.05) is 13.5 Å². The number of carbonyl (C=O) groups excluding carboxylic acids is 1. The largest absolute Gasteiger partial charge is 0.303 e. The van der Waals surface area contributed by atoms with Crippen molar-refractivity contribution in [3.63, 3.8) is 0 Å². The van der Waals surface area contributed by atoms with Gasteiger partial charge < -0.3 is 4.79 Å². The molecule has 1 saturated carbocycles. The predicted molar refractivity (Wildman–Crippen MR) is 50.5 cm³/mol. The highest BCUT2D eigenvalue weighted by Gasteiger charge is 2.40. The van der Waals surface area contributed by atoms with Crippen molar-refractivity contribution in [3.8, 4) is 0 Å². The van der Waals surface area contributed by atoms with E-state index in [9.17, 15) is 4.79 Å². The first-order chi connectivity index (χ1) is 4.97. The van der Waals surface area contributed by atoms with Crippen molar-refractivity contribution in [2.75, 3.05) is 0 Å². The molecule has 0 atom stereocenters. The van der Waals surface area contributed by atoms with Crippen LogP contribution in [0.3, 0.4) is 0 Å². The molecule has 0 aromatic heterocycles. The Bertz CT molecular complexity index is 153. The first-order valence-corrected chi connectivity index (χ1v) is 8.15. The highest BCUT2D eigenvalue weighted by Crippen LogP contribution is 2.45. The summed E-state index contributed by atoms with van der Waals surface area (Å²) < 4.78 is 0. The Balaban J connectivity index is 2.51. The molecule has 0 aromatic rings. The first kappa shape index (κ1) is 8.98. The smallest absolute Gasteiger partial charge is 0.125 e. The molecule has 0 amide bonds. The van der Waals surface area contributed by atoms with Crippen LogP contribution >= 0.6 is 0 Å². The van der Waals surface area contributed by atoms with Crippen LogP contribution in [0.5, 0.6) is 0 Å². The van der Waals surface area contributed by atoms with Crippen molar-refractivity contribution in [3.05, 3.63) is 0 Å². The molecule has 1 nitrogen and oxygen atoms in total. The summed E-state index contributed by atoms with van der Waals surface area (Å²) in [6.07, 6.45) is 4.79. The lowest BCUT2D eigenvalue weighted by Gasteiger charge is -2.40. The maximum Gasteiger partial charge on any atom is 0.125 e. The van der Waals surface area contributed by atoms with Gasteiger partial charge in [-0.2, -0.15) is 0 Å². The van der Waals surface area contributed by atoms with Gasteiger partial charge in [0.25, 0.3) is 0 Å². The molecule has 0 aromatic carbocycles. The number of hydrogen-bond acceptors (Lipinski definition) is 1. The third-order valence-corrected chi connectivity index (χ3v) is 4.25. The van der Waals surface area contributed by atoms with Gasteiger partial charge in [-0.1, -0.05) is 26.1 Å². The zero-order valence-corrected chi connectivity index (χ0v) is 8.81. The van der Waals surface area contributed by atoms with Crippen LogP contribution in [0.4, 0.5) is 0 Å². The lowest BCUT2D eigenvalue weighted by molar-refractivity contribution is -0.119. The van der Waals surface area contributed by atoms with Crippen LogP contribution in [-0.2, 0) is 4.79 Å². The maximum atomic E-state index is 10.8. The van der Waals surface area contributed by atoms with E-state index in [1.54, 1.807) is 0 Å². The summed E-state index contributed by atoms with van der Waals surface area (Å²) in [5.74, 6) is 0. The summed E-state index contributed by atoms with van der Waals surface area (Å²) in [5, 5.41) is 0. The van der Waals surface area contributed by atoms with E-state index < -0.39 is 8.07 Å². The van der Waals surface area contributed by atoms with Gasteiger partial charge in [-0.25, -0.2) is 0 Å². The van der Waals surface area contributed by atoms with Gasteiger partial charge in [0.15, 0.2) is 0 Å².